The van der Waals surface area contributed by atoms with Crippen molar-refractivity contribution < 1.29 is 4.79 Å². The largest absolute Gasteiger partial charge is 0.366 e. The Morgan fingerprint density at radius 1 is 1.23 bits per heavy atom. The Morgan fingerprint density at radius 2 is 1.95 bits per heavy atom. The summed E-state index contributed by atoms with van der Waals surface area (Å²) in [5, 5.41) is 6.70. The van der Waals surface area contributed by atoms with E-state index in [4.69, 9.17) is 11.6 Å². The van der Waals surface area contributed by atoms with Crippen molar-refractivity contribution in [1.29, 1.82) is 0 Å². The number of carbonyl (C=O) groups excluding carboxylic acids is 1. The molecule has 0 aliphatic carbocycles. The second-order valence-corrected chi connectivity index (χ2v) is 6.34. The molecule has 0 unspecified atom stereocenters. The van der Waals surface area contributed by atoms with Gasteiger partial charge in [-0.25, -0.2) is 9.97 Å². The lowest BCUT2D eigenvalue weighted by atomic mass is 10.1. The molecule has 0 saturated heterocycles. The number of nitrogens with zero attached hydrogens (tertiary/aromatic N) is 2. The molecular weight excluding hydrogens is 300 g/mol. The lowest BCUT2D eigenvalue weighted by Gasteiger charge is -2.20. The predicted molar refractivity (Wildman–Crippen MR) is 88.0 cm³/mol. The van der Waals surface area contributed by atoms with Gasteiger partial charge in [-0.1, -0.05) is 29.8 Å². The van der Waals surface area contributed by atoms with Crippen LogP contribution in [0.2, 0.25) is 5.02 Å². The van der Waals surface area contributed by atoms with Crippen molar-refractivity contribution in [3.8, 4) is 0 Å². The van der Waals surface area contributed by atoms with Crippen molar-refractivity contribution in [2.45, 2.75) is 32.9 Å². The van der Waals surface area contributed by atoms with Gasteiger partial charge in [0.05, 0.1) is 0 Å². The average molecular weight is 319 g/mol. The number of anilines is 1. The number of aromatic nitrogens is 2. The van der Waals surface area contributed by atoms with Crippen molar-refractivity contribution in [3.05, 3.63) is 52.9 Å². The molecule has 116 valence electrons. The highest BCUT2D eigenvalue weighted by molar-refractivity contribution is 6.31. The molecule has 1 aromatic carbocycles. The van der Waals surface area contributed by atoms with Gasteiger partial charge in [-0.05, 0) is 32.4 Å². The van der Waals surface area contributed by atoms with Gasteiger partial charge < -0.3 is 10.6 Å². The number of nitrogens with one attached hydrogen (secondary N) is 2. The van der Waals surface area contributed by atoms with Crippen molar-refractivity contribution in [2.75, 3.05) is 5.32 Å². The number of amides is 1. The van der Waals surface area contributed by atoms with Crippen LogP contribution in [0.4, 0.5) is 5.82 Å². The Balaban J connectivity index is 2.06. The number of carbonyl (C=O) groups is 1. The summed E-state index contributed by atoms with van der Waals surface area (Å²) < 4.78 is 0. The van der Waals surface area contributed by atoms with Crippen LogP contribution in [-0.4, -0.2) is 21.4 Å². The second kappa shape index (κ2) is 6.75. The summed E-state index contributed by atoms with van der Waals surface area (Å²) >= 11 is 6.11. The molecule has 2 rings (SSSR count). The van der Waals surface area contributed by atoms with Crippen LogP contribution in [-0.2, 0) is 6.54 Å². The van der Waals surface area contributed by atoms with E-state index in [0.717, 1.165) is 5.56 Å². The monoisotopic (exact) mass is 318 g/mol. The molecule has 0 saturated carbocycles. The number of hydrogen-bond donors (Lipinski definition) is 2. The molecule has 2 aromatic rings. The molecule has 0 spiro atoms. The van der Waals surface area contributed by atoms with Crippen molar-refractivity contribution in [3.63, 3.8) is 0 Å². The van der Waals surface area contributed by atoms with Gasteiger partial charge in [0.1, 0.15) is 17.8 Å². The summed E-state index contributed by atoms with van der Waals surface area (Å²) in [5.41, 5.74) is 0.975. The summed E-state index contributed by atoms with van der Waals surface area (Å²) in [6.07, 6.45) is 1.37. The molecule has 2 N–H and O–H groups in total. The van der Waals surface area contributed by atoms with Gasteiger partial charge in [0, 0.05) is 23.2 Å². The fraction of sp³-hybridized carbons (Fsp3) is 0.312. The summed E-state index contributed by atoms with van der Waals surface area (Å²) in [6, 6.07) is 9.19. The third-order valence-electron chi connectivity index (χ3n) is 2.81. The second-order valence-electron chi connectivity index (χ2n) is 5.94. The molecule has 1 aromatic heterocycles. The lowest BCUT2D eigenvalue weighted by Crippen LogP contribution is -2.40. The van der Waals surface area contributed by atoms with E-state index in [1.54, 1.807) is 6.07 Å². The van der Waals surface area contributed by atoms with Crippen LogP contribution in [0.3, 0.4) is 0 Å². The van der Waals surface area contributed by atoms with E-state index in [1.165, 1.54) is 6.33 Å². The fourth-order valence-corrected chi connectivity index (χ4v) is 2.01. The van der Waals surface area contributed by atoms with Crippen LogP contribution in [0.1, 0.15) is 36.8 Å². The van der Waals surface area contributed by atoms with Crippen LogP contribution in [0, 0.1) is 0 Å². The number of benzene rings is 1. The average Bonchev–Trinajstić information content (AvgIpc) is 2.45. The minimum Gasteiger partial charge on any atom is -0.366 e. The Morgan fingerprint density at radius 3 is 2.64 bits per heavy atom. The maximum atomic E-state index is 12.1. The van der Waals surface area contributed by atoms with Crippen molar-refractivity contribution in [1.82, 2.24) is 15.3 Å². The summed E-state index contributed by atoms with van der Waals surface area (Å²) in [4.78, 5) is 20.2. The number of hydrogen-bond acceptors (Lipinski definition) is 4. The van der Waals surface area contributed by atoms with Gasteiger partial charge in [-0.15, -0.1) is 0 Å². The Bertz CT molecular complexity index is 667. The molecular formula is C16H19ClN4O. The molecule has 0 bridgehead atoms. The minimum atomic E-state index is -0.312. The van der Waals surface area contributed by atoms with Gasteiger partial charge >= 0.3 is 0 Å². The first-order valence-corrected chi connectivity index (χ1v) is 7.35. The highest BCUT2D eigenvalue weighted by Gasteiger charge is 2.16. The predicted octanol–water partition coefficient (Wildman–Crippen LogP) is 3.27. The van der Waals surface area contributed by atoms with Crippen LogP contribution in [0.15, 0.2) is 36.7 Å². The molecule has 0 fully saturated rings. The molecule has 1 heterocycles. The van der Waals surface area contributed by atoms with E-state index in [-0.39, 0.29) is 11.4 Å². The van der Waals surface area contributed by atoms with E-state index in [9.17, 15) is 4.79 Å². The minimum absolute atomic E-state index is 0.226. The van der Waals surface area contributed by atoms with E-state index in [1.807, 2.05) is 45.0 Å². The topological polar surface area (TPSA) is 66.9 Å². The van der Waals surface area contributed by atoms with Gasteiger partial charge in [0.25, 0.3) is 5.91 Å². The molecule has 22 heavy (non-hydrogen) atoms. The van der Waals surface area contributed by atoms with Gasteiger partial charge in [0.15, 0.2) is 0 Å². The third-order valence-corrected chi connectivity index (χ3v) is 3.17. The quantitative estimate of drug-likeness (QED) is 0.908. The van der Waals surface area contributed by atoms with Crippen LogP contribution in [0.5, 0.6) is 0 Å². The maximum Gasteiger partial charge on any atom is 0.270 e. The number of halogens is 1. The standard InChI is InChI=1S/C16H19ClN4O/c1-16(2,3)21-15(22)13-8-14(20-10-19-13)18-9-11-6-4-5-7-12(11)17/h4-8,10H,9H2,1-3H3,(H,21,22)(H,18,19,20). The molecule has 0 atom stereocenters. The highest BCUT2D eigenvalue weighted by Crippen LogP contribution is 2.16. The molecule has 1 amide bonds. The van der Waals surface area contributed by atoms with E-state index < -0.39 is 0 Å². The summed E-state index contributed by atoms with van der Waals surface area (Å²) in [5.74, 6) is 0.352. The molecule has 0 aliphatic heterocycles. The Labute approximate surface area is 135 Å². The Hall–Kier alpha value is -2.14. The van der Waals surface area contributed by atoms with Gasteiger partial charge in [-0.2, -0.15) is 0 Å². The van der Waals surface area contributed by atoms with Gasteiger partial charge in [-0.3, -0.25) is 4.79 Å². The first-order chi connectivity index (χ1) is 10.3. The third kappa shape index (κ3) is 4.70. The molecule has 0 aliphatic rings. The lowest BCUT2D eigenvalue weighted by molar-refractivity contribution is 0.0914. The molecule has 6 heteroatoms. The van der Waals surface area contributed by atoms with Crippen LogP contribution < -0.4 is 10.6 Å². The fourth-order valence-electron chi connectivity index (χ4n) is 1.81. The van der Waals surface area contributed by atoms with Gasteiger partial charge in [0.2, 0.25) is 0 Å². The van der Waals surface area contributed by atoms with E-state index in [0.29, 0.717) is 23.1 Å². The van der Waals surface area contributed by atoms with E-state index >= 15 is 0 Å². The SMILES string of the molecule is CC(C)(C)NC(=O)c1cc(NCc2ccccc2Cl)ncn1. The van der Waals surface area contributed by atoms with Crippen LogP contribution in [0.25, 0.3) is 0 Å². The van der Waals surface area contributed by atoms with E-state index in [2.05, 4.69) is 20.6 Å². The van der Waals surface area contributed by atoms with Crippen LogP contribution >= 0.6 is 11.6 Å². The van der Waals surface area contributed by atoms with Crippen molar-refractivity contribution in [2.24, 2.45) is 0 Å². The summed E-state index contributed by atoms with van der Waals surface area (Å²) in [7, 11) is 0. The van der Waals surface area contributed by atoms with Crippen molar-refractivity contribution >= 4 is 23.3 Å². The zero-order valence-corrected chi connectivity index (χ0v) is 13.6. The first kappa shape index (κ1) is 16.2. The number of rotatable bonds is 4. The zero-order chi connectivity index (χ0) is 16.2. The Kier molecular flexibility index (Phi) is 4.98. The maximum absolute atomic E-state index is 12.1. The summed E-state index contributed by atoms with van der Waals surface area (Å²) in [6.45, 7) is 6.28. The zero-order valence-electron chi connectivity index (χ0n) is 12.9. The highest BCUT2D eigenvalue weighted by atomic mass is 35.5. The normalized spacial score (nSPS) is 11.1. The smallest absolute Gasteiger partial charge is 0.270 e. The molecule has 0 radical (unpaired) electrons. The first-order valence-electron chi connectivity index (χ1n) is 6.97. The molecule has 5 nitrogen and oxygen atoms in total.